The van der Waals surface area contributed by atoms with E-state index in [1.165, 1.54) is 0 Å². The molecule has 0 radical (unpaired) electrons. The molecule has 5 heteroatoms. The molecule has 160 valence electrons. The summed E-state index contributed by atoms with van der Waals surface area (Å²) in [7, 11) is 0. The van der Waals surface area contributed by atoms with E-state index in [0.717, 1.165) is 62.0 Å². The molecule has 2 aliphatic heterocycles. The Morgan fingerprint density at radius 3 is 2.28 bits per heavy atom. The van der Waals surface area contributed by atoms with Crippen LogP contribution in [0.4, 0.5) is 5.69 Å². The van der Waals surface area contributed by atoms with Crippen LogP contribution in [0.15, 0.2) is 18.2 Å². The number of amides is 1. The topological polar surface area (TPSA) is 35.6 Å². The second-order valence-corrected chi connectivity index (χ2v) is 11.1. The summed E-state index contributed by atoms with van der Waals surface area (Å²) in [5, 5.41) is 4.30. The maximum Gasteiger partial charge on any atom is 0.226 e. The number of likely N-dealkylation sites (tertiary alicyclic amines) is 2. The number of fused-ring (bicyclic) bond motifs is 1. The molecule has 2 unspecified atom stereocenters. The van der Waals surface area contributed by atoms with Crippen molar-refractivity contribution in [2.45, 2.75) is 41.0 Å². The third-order valence-electron chi connectivity index (χ3n) is 8.29. The average Bonchev–Trinajstić information content (AvgIpc) is 3.01. The number of hydrogen-bond acceptors (Lipinski definition) is 3. The zero-order valence-corrected chi connectivity index (χ0v) is 19.4. The third-order valence-corrected chi connectivity index (χ3v) is 8.70. The molecule has 3 fully saturated rings. The molecule has 4 rings (SSSR count). The summed E-state index contributed by atoms with van der Waals surface area (Å²) < 4.78 is 0. The second kappa shape index (κ2) is 7.46. The SMILES string of the molecule is Cc1ccc(NCCCN2CC3CN(C(=O)C4C(C)(C)C4(C)C)CC3C2)cc1Cl. The fraction of sp³-hybridized carbons (Fsp3) is 0.708. The van der Waals surface area contributed by atoms with Gasteiger partial charge in [-0.25, -0.2) is 0 Å². The first kappa shape index (κ1) is 21.0. The highest BCUT2D eigenvalue weighted by atomic mass is 35.5. The van der Waals surface area contributed by atoms with Crippen molar-refractivity contribution in [3.05, 3.63) is 28.8 Å². The molecule has 2 heterocycles. The predicted molar refractivity (Wildman–Crippen MR) is 120 cm³/mol. The standard InChI is InChI=1S/C24H36ClN3O/c1-16-7-8-19(11-20(16)25)26-9-6-10-27-12-17-14-28(15-18(17)13-27)22(29)21-23(2,3)24(21,4)5/h7-8,11,17-18,21,26H,6,9-10,12-15H2,1-5H3. The highest BCUT2D eigenvalue weighted by Crippen LogP contribution is 2.69. The van der Waals surface area contributed by atoms with Gasteiger partial charge in [0.2, 0.25) is 5.91 Å². The number of aryl methyl sites for hydroxylation is 1. The van der Waals surface area contributed by atoms with Gasteiger partial charge in [-0.05, 0) is 60.3 Å². The monoisotopic (exact) mass is 417 g/mol. The lowest BCUT2D eigenvalue weighted by Gasteiger charge is -2.22. The fourth-order valence-corrected chi connectivity index (χ4v) is 5.87. The van der Waals surface area contributed by atoms with E-state index >= 15 is 0 Å². The Bertz CT molecular complexity index is 762. The van der Waals surface area contributed by atoms with Crippen LogP contribution in [0.5, 0.6) is 0 Å². The summed E-state index contributed by atoms with van der Waals surface area (Å²) in [6.07, 6.45) is 1.12. The number of halogens is 1. The first-order chi connectivity index (χ1) is 13.6. The van der Waals surface area contributed by atoms with E-state index in [1.807, 2.05) is 13.0 Å². The minimum Gasteiger partial charge on any atom is -0.385 e. The molecule has 0 spiro atoms. The van der Waals surface area contributed by atoms with Crippen LogP contribution in [0.3, 0.4) is 0 Å². The Balaban J connectivity index is 1.19. The van der Waals surface area contributed by atoms with Crippen LogP contribution < -0.4 is 5.32 Å². The zero-order valence-electron chi connectivity index (χ0n) is 18.6. The average molecular weight is 418 g/mol. The van der Waals surface area contributed by atoms with Crippen molar-refractivity contribution in [2.75, 3.05) is 44.6 Å². The van der Waals surface area contributed by atoms with Crippen molar-refractivity contribution in [2.24, 2.45) is 28.6 Å². The van der Waals surface area contributed by atoms with E-state index in [4.69, 9.17) is 11.6 Å². The highest BCUT2D eigenvalue weighted by molar-refractivity contribution is 6.31. The van der Waals surface area contributed by atoms with Gasteiger partial charge in [-0.2, -0.15) is 0 Å². The Morgan fingerprint density at radius 1 is 1.10 bits per heavy atom. The van der Waals surface area contributed by atoms with Gasteiger partial charge in [-0.3, -0.25) is 4.79 Å². The largest absolute Gasteiger partial charge is 0.385 e. The molecule has 3 aliphatic rings. The fourth-order valence-electron chi connectivity index (χ4n) is 5.69. The Labute approximate surface area is 181 Å². The van der Waals surface area contributed by atoms with Crippen molar-refractivity contribution in [1.82, 2.24) is 9.80 Å². The van der Waals surface area contributed by atoms with E-state index in [2.05, 4.69) is 54.9 Å². The van der Waals surface area contributed by atoms with Crippen LogP contribution >= 0.6 is 11.6 Å². The molecule has 2 atom stereocenters. The Kier molecular flexibility index (Phi) is 5.40. The number of anilines is 1. The van der Waals surface area contributed by atoms with Crippen LogP contribution in [0.1, 0.15) is 39.7 Å². The molecule has 1 aromatic carbocycles. The number of carbonyl (C=O) groups is 1. The molecule has 1 amide bonds. The molecule has 4 nitrogen and oxygen atoms in total. The molecule has 2 saturated heterocycles. The highest BCUT2D eigenvalue weighted by Gasteiger charge is 2.69. The lowest BCUT2D eigenvalue weighted by atomic mass is 10.0. The summed E-state index contributed by atoms with van der Waals surface area (Å²) in [6, 6.07) is 6.16. The number of hydrogen-bond donors (Lipinski definition) is 1. The quantitative estimate of drug-likeness (QED) is 0.691. The third kappa shape index (κ3) is 3.79. The summed E-state index contributed by atoms with van der Waals surface area (Å²) in [5.74, 6) is 1.92. The van der Waals surface area contributed by atoms with E-state index in [0.29, 0.717) is 17.7 Å². The Morgan fingerprint density at radius 2 is 1.72 bits per heavy atom. The molecular formula is C24H36ClN3O. The van der Waals surface area contributed by atoms with Gasteiger partial charge in [0, 0.05) is 49.4 Å². The van der Waals surface area contributed by atoms with Gasteiger partial charge in [0.15, 0.2) is 0 Å². The molecule has 0 bridgehead atoms. The van der Waals surface area contributed by atoms with Crippen molar-refractivity contribution in [3.63, 3.8) is 0 Å². The maximum absolute atomic E-state index is 13.0. The molecule has 1 aromatic rings. The number of nitrogens with one attached hydrogen (secondary N) is 1. The summed E-state index contributed by atoms with van der Waals surface area (Å²) in [6.45, 7) is 17.3. The van der Waals surface area contributed by atoms with Gasteiger partial charge in [-0.15, -0.1) is 0 Å². The minimum atomic E-state index is 0.141. The number of carbonyl (C=O) groups excluding carboxylic acids is 1. The van der Waals surface area contributed by atoms with Crippen LogP contribution in [-0.2, 0) is 4.79 Å². The van der Waals surface area contributed by atoms with Crippen molar-refractivity contribution in [1.29, 1.82) is 0 Å². The van der Waals surface area contributed by atoms with Crippen LogP contribution in [-0.4, -0.2) is 55.0 Å². The van der Waals surface area contributed by atoms with Gasteiger partial charge < -0.3 is 15.1 Å². The van der Waals surface area contributed by atoms with E-state index < -0.39 is 0 Å². The summed E-state index contributed by atoms with van der Waals surface area (Å²) in [5.41, 5.74) is 2.49. The minimum absolute atomic E-state index is 0.141. The molecular weight excluding hydrogens is 382 g/mol. The number of rotatable bonds is 6. The number of nitrogens with zero attached hydrogens (tertiary/aromatic N) is 2. The van der Waals surface area contributed by atoms with E-state index in [9.17, 15) is 4.79 Å². The lowest BCUT2D eigenvalue weighted by molar-refractivity contribution is -0.133. The summed E-state index contributed by atoms with van der Waals surface area (Å²) >= 11 is 6.20. The Hall–Kier alpha value is -1.26. The van der Waals surface area contributed by atoms with Gasteiger partial charge in [0.1, 0.15) is 0 Å². The van der Waals surface area contributed by atoms with E-state index in [-0.39, 0.29) is 16.7 Å². The smallest absolute Gasteiger partial charge is 0.226 e. The molecule has 1 aliphatic carbocycles. The summed E-state index contributed by atoms with van der Waals surface area (Å²) in [4.78, 5) is 17.8. The molecule has 1 saturated carbocycles. The van der Waals surface area contributed by atoms with Gasteiger partial charge in [0.25, 0.3) is 0 Å². The normalized spacial score (nSPS) is 27.9. The van der Waals surface area contributed by atoms with Crippen LogP contribution in [0.25, 0.3) is 0 Å². The van der Waals surface area contributed by atoms with Gasteiger partial charge >= 0.3 is 0 Å². The van der Waals surface area contributed by atoms with Crippen molar-refractivity contribution < 1.29 is 4.79 Å². The van der Waals surface area contributed by atoms with E-state index in [1.54, 1.807) is 0 Å². The van der Waals surface area contributed by atoms with Crippen LogP contribution in [0, 0.1) is 35.5 Å². The first-order valence-electron chi connectivity index (χ1n) is 11.1. The van der Waals surface area contributed by atoms with Crippen molar-refractivity contribution in [3.8, 4) is 0 Å². The molecule has 0 aromatic heterocycles. The first-order valence-corrected chi connectivity index (χ1v) is 11.5. The molecule has 29 heavy (non-hydrogen) atoms. The van der Waals surface area contributed by atoms with Gasteiger partial charge in [-0.1, -0.05) is 45.4 Å². The molecule has 1 N–H and O–H groups in total. The van der Waals surface area contributed by atoms with Gasteiger partial charge in [0.05, 0.1) is 0 Å². The lowest BCUT2D eigenvalue weighted by Crippen LogP contribution is -2.35. The zero-order chi connectivity index (χ0) is 21.0. The number of benzene rings is 1. The second-order valence-electron chi connectivity index (χ2n) is 10.6. The van der Waals surface area contributed by atoms with Crippen LogP contribution in [0.2, 0.25) is 5.02 Å². The van der Waals surface area contributed by atoms with Crippen molar-refractivity contribution >= 4 is 23.2 Å². The predicted octanol–water partition coefficient (Wildman–Crippen LogP) is 4.52. The maximum atomic E-state index is 13.0.